The van der Waals surface area contributed by atoms with Crippen molar-refractivity contribution in [3.8, 4) is 0 Å². The van der Waals surface area contributed by atoms with Gasteiger partial charge in [-0.05, 0) is 24.3 Å². The van der Waals surface area contributed by atoms with E-state index in [9.17, 15) is 9.59 Å². The molecule has 0 unspecified atom stereocenters. The number of carbonyl (C=O) groups excluding carboxylic acids is 2. The topological polar surface area (TPSA) is 49.4 Å². The van der Waals surface area contributed by atoms with E-state index in [1.54, 1.807) is 23.3 Å². The summed E-state index contributed by atoms with van der Waals surface area (Å²) in [5.74, 6) is -0.127. The Morgan fingerprint density at radius 2 is 2.10 bits per heavy atom. The predicted molar refractivity (Wildman–Crippen MR) is 83.0 cm³/mol. The summed E-state index contributed by atoms with van der Waals surface area (Å²) in [7, 11) is 1.81. The predicted octanol–water partition coefficient (Wildman–Crippen LogP) is 2.72. The van der Waals surface area contributed by atoms with Crippen LogP contribution in [0.1, 0.15) is 49.4 Å². The first kappa shape index (κ1) is 14.6. The number of likely N-dealkylation sites (tertiary alicyclic amines) is 1. The van der Waals surface area contributed by atoms with Crippen molar-refractivity contribution in [2.45, 2.75) is 50.6 Å². The third kappa shape index (κ3) is 2.98. The Kier molecular flexibility index (Phi) is 4.29. The molecule has 1 saturated heterocycles. The molecule has 1 aliphatic heterocycles. The standard InChI is InChI=1S/C16H22N2O2S/c1-18-14(19)10-12(15(18)13-8-5-9-21-13)16(20)17-11-6-3-2-4-7-11/h5,8-9,11-12,15H,2-4,6-7,10H2,1H3,(H,17,20)/t12-,15-/m1/s1. The van der Waals surface area contributed by atoms with Crippen LogP contribution < -0.4 is 5.32 Å². The number of nitrogens with one attached hydrogen (secondary N) is 1. The number of thiophene rings is 1. The van der Waals surface area contributed by atoms with Gasteiger partial charge < -0.3 is 10.2 Å². The fourth-order valence-corrected chi connectivity index (χ4v) is 4.44. The van der Waals surface area contributed by atoms with Gasteiger partial charge in [-0.25, -0.2) is 0 Å². The van der Waals surface area contributed by atoms with E-state index in [2.05, 4.69) is 5.32 Å². The molecule has 0 bridgehead atoms. The zero-order chi connectivity index (χ0) is 14.8. The highest BCUT2D eigenvalue weighted by Gasteiger charge is 2.43. The summed E-state index contributed by atoms with van der Waals surface area (Å²) in [6.45, 7) is 0. The molecule has 1 aromatic heterocycles. The van der Waals surface area contributed by atoms with Crippen molar-refractivity contribution < 1.29 is 9.59 Å². The monoisotopic (exact) mass is 306 g/mol. The molecular formula is C16H22N2O2S. The van der Waals surface area contributed by atoms with Crippen molar-refractivity contribution in [1.82, 2.24) is 10.2 Å². The van der Waals surface area contributed by atoms with Crippen LogP contribution in [0, 0.1) is 5.92 Å². The van der Waals surface area contributed by atoms with Crippen molar-refractivity contribution in [2.24, 2.45) is 5.92 Å². The summed E-state index contributed by atoms with van der Waals surface area (Å²) in [5.41, 5.74) is 0. The van der Waals surface area contributed by atoms with E-state index >= 15 is 0 Å². The number of rotatable bonds is 3. The normalized spacial score (nSPS) is 27.1. The first-order chi connectivity index (χ1) is 10.2. The van der Waals surface area contributed by atoms with E-state index in [1.807, 2.05) is 17.5 Å². The minimum atomic E-state index is -0.247. The lowest BCUT2D eigenvalue weighted by molar-refractivity contribution is -0.128. The Morgan fingerprint density at radius 3 is 2.76 bits per heavy atom. The van der Waals surface area contributed by atoms with Crippen LogP contribution in [0.2, 0.25) is 0 Å². The van der Waals surface area contributed by atoms with Gasteiger partial charge in [-0.15, -0.1) is 11.3 Å². The minimum absolute atomic E-state index is 0.0537. The smallest absolute Gasteiger partial charge is 0.226 e. The number of nitrogens with zero attached hydrogens (tertiary/aromatic N) is 1. The summed E-state index contributed by atoms with van der Waals surface area (Å²) in [6.07, 6.45) is 6.15. The van der Waals surface area contributed by atoms with Gasteiger partial charge in [0.05, 0.1) is 12.0 Å². The Balaban J connectivity index is 1.72. The van der Waals surface area contributed by atoms with E-state index in [-0.39, 0.29) is 23.8 Å². The maximum atomic E-state index is 12.6. The van der Waals surface area contributed by atoms with Gasteiger partial charge in [0.15, 0.2) is 0 Å². The Morgan fingerprint density at radius 1 is 1.33 bits per heavy atom. The lowest BCUT2D eigenvalue weighted by atomic mass is 9.93. The second-order valence-corrected chi connectivity index (χ2v) is 7.10. The maximum Gasteiger partial charge on any atom is 0.226 e. The molecule has 0 radical (unpaired) electrons. The molecular weight excluding hydrogens is 284 g/mol. The molecule has 4 nitrogen and oxygen atoms in total. The van der Waals surface area contributed by atoms with E-state index in [4.69, 9.17) is 0 Å². The van der Waals surface area contributed by atoms with Crippen LogP contribution in [0.3, 0.4) is 0 Å². The molecule has 1 aliphatic carbocycles. The first-order valence-electron chi connectivity index (χ1n) is 7.76. The highest BCUT2D eigenvalue weighted by molar-refractivity contribution is 7.10. The van der Waals surface area contributed by atoms with E-state index < -0.39 is 0 Å². The van der Waals surface area contributed by atoms with Crippen molar-refractivity contribution in [2.75, 3.05) is 7.05 Å². The van der Waals surface area contributed by atoms with Crippen LogP contribution in [-0.4, -0.2) is 29.8 Å². The van der Waals surface area contributed by atoms with Crippen LogP contribution in [0.4, 0.5) is 0 Å². The largest absolute Gasteiger partial charge is 0.353 e. The van der Waals surface area contributed by atoms with Crippen LogP contribution in [0.15, 0.2) is 17.5 Å². The molecule has 5 heteroatoms. The Labute approximate surface area is 129 Å². The molecule has 0 aromatic carbocycles. The molecule has 1 N–H and O–H groups in total. The van der Waals surface area contributed by atoms with E-state index in [0.29, 0.717) is 12.5 Å². The van der Waals surface area contributed by atoms with Crippen LogP contribution in [0.25, 0.3) is 0 Å². The molecule has 0 spiro atoms. The van der Waals surface area contributed by atoms with Crippen LogP contribution in [-0.2, 0) is 9.59 Å². The lowest BCUT2D eigenvalue weighted by Gasteiger charge is -2.27. The van der Waals surface area contributed by atoms with Crippen molar-refractivity contribution in [3.05, 3.63) is 22.4 Å². The maximum absolute atomic E-state index is 12.6. The SMILES string of the molecule is CN1C(=O)C[C@@H](C(=O)NC2CCCCC2)[C@@H]1c1cccs1. The molecule has 2 amide bonds. The average Bonchev–Trinajstić information content (AvgIpc) is 3.09. The zero-order valence-electron chi connectivity index (χ0n) is 12.4. The zero-order valence-corrected chi connectivity index (χ0v) is 13.2. The highest BCUT2D eigenvalue weighted by Crippen LogP contribution is 2.39. The van der Waals surface area contributed by atoms with Gasteiger partial charge in [0.2, 0.25) is 11.8 Å². The van der Waals surface area contributed by atoms with Gasteiger partial charge in [-0.3, -0.25) is 9.59 Å². The molecule has 21 heavy (non-hydrogen) atoms. The molecule has 2 heterocycles. The summed E-state index contributed by atoms with van der Waals surface area (Å²) < 4.78 is 0. The highest BCUT2D eigenvalue weighted by atomic mass is 32.1. The van der Waals surface area contributed by atoms with Gasteiger partial charge in [0.25, 0.3) is 0 Å². The fraction of sp³-hybridized carbons (Fsp3) is 0.625. The average molecular weight is 306 g/mol. The van der Waals surface area contributed by atoms with E-state index in [0.717, 1.165) is 17.7 Å². The van der Waals surface area contributed by atoms with Crippen molar-refractivity contribution in [1.29, 1.82) is 0 Å². The molecule has 1 saturated carbocycles. The second-order valence-electron chi connectivity index (χ2n) is 6.12. The van der Waals surface area contributed by atoms with Crippen LogP contribution >= 0.6 is 11.3 Å². The lowest BCUT2D eigenvalue weighted by Crippen LogP contribution is -2.41. The summed E-state index contributed by atoms with van der Waals surface area (Å²) in [5, 5.41) is 5.18. The number of carbonyl (C=O) groups is 2. The number of amides is 2. The van der Waals surface area contributed by atoms with Gasteiger partial charge in [-0.2, -0.15) is 0 Å². The van der Waals surface area contributed by atoms with E-state index in [1.165, 1.54) is 19.3 Å². The molecule has 2 atom stereocenters. The summed E-state index contributed by atoms with van der Waals surface area (Å²) >= 11 is 1.62. The third-order valence-corrected chi connectivity index (χ3v) is 5.65. The van der Waals surface area contributed by atoms with Crippen molar-refractivity contribution in [3.63, 3.8) is 0 Å². The number of hydrogen-bond donors (Lipinski definition) is 1. The summed E-state index contributed by atoms with van der Waals surface area (Å²) in [6, 6.07) is 4.20. The van der Waals surface area contributed by atoms with Gasteiger partial charge >= 0.3 is 0 Å². The van der Waals surface area contributed by atoms with Gasteiger partial charge in [0.1, 0.15) is 0 Å². The first-order valence-corrected chi connectivity index (χ1v) is 8.64. The molecule has 2 aliphatic rings. The Hall–Kier alpha value is -1.36. The van der Waals surface area contributed by atoms with Gasteiger partial charge in [0, 0.05) is 24.4 Å². The fourth-order valence-electron chi connectivity index (χ4n) is 3.51. The molecule has 3 rings (SSSR count). The Bertz CT molecular complexity index is 508. The van der Waals surface area contributed by atoms with Gasteiger partial charge in [-0.1, -0.05) is 25.3 Å². The minimum Gasteiger partial charge on any atom is -0.353 e. The molecule has 114 valence electrons. The quantitative estimate of drug-likeness (QED) is 0.933. The van der Waals surface area contributed by atoms with Crippen LogP contribution in [0.5, 0.6) is 0 Å². The van der Waals surface area contributed by atoms with Crippen molar-refractivity contribution >= 4 is 23.2 Å². The second kappa shape index (κ2) is 6.18. The number of hydrogen-bond acceptors (Lipinski definition) is 3. The molecule has 2 fully saturated rings. The third-order valence-electron chi connectivity index (χ3n) is 4.71. The summed E-state index contributed by atoms with van der Waals surface area (Å²) in [4.78, 5) is 27.5. The molecule has 1 aromatic rings.